The van der Waals surface area contributed by atoms with Gasteiger partial charge in [0.2, 0.25) is 0 Å². The second kappa shape index (κ2) is 11.3. The molecule has 0 aromatic heterocycles. The van der Waals surface area contributed by atoms with Gasteiger partial charge in [-0.1, -0.05) is 139 Å². The van der Waals surface area contributed by atoms with Crippen LogP contribution < -0.4 is 31.9 Å². The van der Waals surface area contributed by atoms with Crippen LogP contribution in [0.3, 0.4) is 0 Å². The van der Waals surface area contributed by atoms with E-state index in [4.69, 9.17) is 0 Å². The maximum Gasteiger partial charge on any atom is 0.0829 e. The van der Waals surface area contributed by atoms with E-state index in [1.807, 2.05) is 0 Å². The lowest BCUT2D eigenvalue weighted by atomic mass is 10.1. The highest BCUT2D eigenvalue weighted by Gasteiger charge is 2.36. The summed E-state index contributed by atoms with van der Waals surface area (Å²) in [5, 5.41) is 19.2. The molecule has 44 heavy (non-hydrogen) atoms. The molecule has 6 heteroatoms. The number of para-hydroxylation sites is 2. The quantitative estimate of drug-likeness (QED) is 0.145. The maximum absolute atomic E-state index is 4.17. The lowest BCUT2D eigenvalue weighted by Gasteiger charge is -2.37. The normalized spacial score (nSPS) is 16.8. The molecule has 2 nitrogen and oxygen atoms in total. The third-order valence-corrected chi connectivity index (χ3v) is 25.5. The minimum absolute atomic E-state index is 0.630. The molecule has 0 spiro atoms. The molecule has 7 rings (SSSR count). The molecule has 2 atom stereocenters. The molecule has 0 amide bonds. The van der Waals surface area contributed by atoms with Gasteiger partial charge in [0.1, 0.15) is 0 Å². The van der Waals surface area contributed by atoms with E-state index in [1.54, 1.807) is 0 Å². The van der Waals surface area contributed by atoms with Crippen molar-refractivity contribution in [3.8, 4) is 0 Å². The van der Waals surface area contributed by atoms with E-state index in [0.29, 0.717) is 0 Å². The predicted molar refractivity (Wildman–Crippen MR) is 206 cm³/mol. The molecule has 0 radical (unpaired) electrons. The molecule has 0 saturated heterocycles. The molecule has 1 heterocycles. The third kappa shape index (κ3) is 5.44. The van der Waals surface area contributed by atoms with E-state index in [2.05, 4.69) is 171 Å². The van der Waals surface area contributed by atoms with Crippen LogP contribution in [0.2, 0.25) is 39.3 Å². The smallest absolute Gasteiger partial charge is 0.0829 e. The average molecular weight is 643 g/mol. The van der Waals surface area contributed by atoms with E-state index in [9.17, 15) is 0 Å². The molecule has 0 aliphatic carbocycles. The van der Waals surface area contributed by atoms with Crippen molar-refractivity contribution >= 4 is 95.9 Å². The molecule has 0 bridgehead atoms. The van der Waals surface area contributed by atoms with Gasteiger partial charge >= 0.3 is 0 Å². The Bertz CT molecular complexity index is 1880. The van der Waals surface area contributed by atoms with Gasteiger partial charge in [-0.2, -0.15) is 0 Å². The van der Waals surface area contributed by atoms with Crippen LogP contribution in [-0.4, -0.2) is 15.5 Å². The summed E-state index contributed by atoms with van der Waals surface area (Å²) in [4.78, 5) is 0. The topological polar surface area (TPSA) is 24.1 Å². The number of benzene rings is 6. The van der Waals surface area contributed by atoms with Gasteiger partial charge in [-0.25, -0.2) is 0 Å². The van der Waals surface area contributed by atoms with E-state index in [-0.39, 0.29) is 0 Å². The van der Waals surface area contributed by atoms with Gasteiger partial charge in [0.25, 0.3) is 0 Å². The van der Waals surface area contributed by atoms with E-state index in [0.717, 1.165) is 0 Å². The van der Waals surface area contributed by atoms with Crippen LogP contribution in [0, 0.1) is 0 Å². The number of hydrogen-bond acceptors (Lipinski definition) is 2. The van der Waals surface area contributed by atoms with Crippen LogP contribution in [0.15, 0.2) is 121 Å². The first-order valence-electron chi connectivity index (χ1n) is 15.5. The summed E-state index contributed by atoms with van der Waals surface area (Å²) < 4.78 is 0. The zero-order chi connectivity index (χ0) is 30.6. The van der Waals surface area contributed by atoms with Gasteiger partial charge in [0, 0.05) is 33.4 Å². The molecule has 6 aromatic rings. The van der Waals surface area contributed by atoms with Crippen molar-refractivity contribution in [1.82, 2.24) is 0 Å². The Morgan fingerprint density at radius 3 is 1.07 bits per heavy atom. The molecular weight excluding hydrogens is 603 g/mol. The molecule has 0 fully saturated rings. The molecule has 2 unspecified atom stereocenters. The number of rotatable bonds is 2. The Morgan fingerprint density at radius 1 is 0.364 bits per heavy atom. The minimum atomic E-state index is -1.74. The van der Waals surface area contributed by atoms with Crippen molar-refractivity contribution in [1.29, 1.82) is 0 Å². The zero-order valence-corrected chi connectivity index (χ0v) is 30.2. The SMILES string of the molecule is C[Si](C)(C)P1c2ccccc2Nc2ccccc2P([Si](C)(C)C)c2cc3ccccc3cc2Nc2cc3ccccc3cc21. The summed E-state index contributed by atoms with van der Waals surface area (Å²) in [6.07, 6.45) is 0. The molecule has 6 aromatic carbocycles. The minimum Gasteiger partial charge on any atom is -0.354 e. The van der Waals surface area contributed by atoms with Crippen LogP contribution >= 0.6 is 14.9 Å². The van der Waals surface area contributed by atoms with Gasteiger partial charge in [0.15, 0.2) is 0 Å². The number of fused-ring (bicyclic) bond motifs is 6. The van der Waals surface area contributed by atoms with Gasteiger partial charge < -0.3 is 10.6 Å². The summed E-state index contributed by atoms with van der Waals surface area (Å²) in [6.45, 7) is 15.3. The van der Waals surface area contributed by atoms with Crippen LogP contribution in [0.5, 0.6) is 0 Å². The first-order chi connectivity index (χ1) is 21.1. The van der Waals surface area contributed by atoms with Crippen molar-refractivity contribution in [2.24, 2.45) is 0 Å². The van der Waals surface area contributed by atoms with Crippen molar-refractivity contribution in [2.75, 3.05) is 10.6 Å². The molecule has 220 valence electrons. The standard InChI is InChI=1S/C38H40N2P2Si2/c1-43(2,3)41-35-21-13-11-19-31(35)39-32-20-12-14-22-36(32)42(44(4,5)6)38-26-30-18-10-8-16-28(30)24-34(38)40-33-23-27-15-7-9-17-29(27)25-37(33)41/h7-26,39-40H,1-6H3. The predicted octanol–water partition coefficient (Wildman–Crippen LogP) is 10.3. The van der Waals surface area contributed by atoms with Crippen LogP contribution in [0.1, 0.15) is 0 Å². The lowest BCUT2D eigenvalue weighted by Crippen LogP contribution is -2.35. The highest BCUT2D eigenvalue weighted by atomic mass is 31.4. The Morgan fingerprint density at radius 2 is 0.682 bits per heavy atom. The molecule has 1 aliphatic rings. The third-order valence-electron chi connectivity index (χ3n) is 8.38. The van der Waals surface area contributed by atoms with Gasteiger partial charge in [-0.15, -0.1) is 0 Å². The van der Waals surface area contributed by atoms with Gasteiger partial charge in [0.05, 0.1) is 15.5 Å². The van der Waals surface area contributed by atoms with E-state index >= 15 is 0 Å². The first-order valence-corrected chi connectivity index (χ1v) is 26.8. The van der Waals surface area contributed by atoms with Crippen LogP contribution in [0.25, 0.3) is 21.5 Å². The van der Waals surface area contributed by atoms with E-state index in [1.165, 1.54) is 65.5 Å². The summed E-state index contributed by atoms with van der Waals surface area (Å²) in [5.41, 5.74) is 5.00. The fraction of sp³-hybridized carbons (Fsp3) is 0.158. The van der Waals surface area contributed by atoms with Crippen molar-refractivity contribution < 1.29 is 0 Å². The Hall–Kier alpha value is -3.27. The summed E-state index contributed by atoms with van der Waals surface area (Å²) in [7, 11) is -4.75. The highest BCUT2D eigenvalue weighted by molar-refractivity contribution is 8.05. The van der Waals surface area contributed by atoms with Crippen LogP contribution in [0.4, 0.5) is 22.7 Å². The second-order valence-electron chi connectivity index (χ2n) is 13.7. The maximum atomic E-state index is 4.17. The molecule has 2 N–H and O–H groups in total. The van der Waals surface area contributed by atoms with Gasteiger partial charge in [-0.05, 0) is 68.6 Å². The first kappa shape index (κ1) is 29.4. The second-order valence-corrected chi connectivity index (χ2v) is 36.4. The number of hydrogen-bond donors (Lipinski definition) is 2. The zero-order valence-electron chi connectivity index (χ0n) is 26.4. The van der Waals surface area contributed by atoms with Gasteiger partial charge in [-0.3, -0.25) is 0 Å². The summed E-state index contributed by atoms with van der Waals surface area (Å²) in [5.74, 6) is 0. The van der Waals surface area contributed by atoms with E-state index < -0.39 is 30.4 Å². The highest BCUT2D eigenvalue weighted by Crippen LogP contribution is 2.52. The average Bonchev–Trinajstić information content (AvgIpc) is 2.97. The van der Waals surface area contributed by atoms with Crippen molar-refractivity contribution in [2.45, 2.75) is 39.3 Å². The number of nitrogens with one attached hydrogen (secondary N) is 2. The monoisotopic (exact) mass is 642 g/mol. The van der Waals surface area contributed by atoms with Crippen molar-refractivity contribution in [3.63, 3.8) is 0 Å². The fourth-order valence-electron chi connectivity index (χ4n) is 6.57. The largest absolute Gasteiger partial charge is 0.354 e. The molecular formula is C38H40N2P2Si2. The summed E-state index contributed by atoms with van der Waals surface area (Å²) in [6, 6.07) is 45.8. The lowest BCUT2D eigenvalue weighted by molar-refractivity contribution is 1.59. The Balaban J connectivity index is 1.62. The number of anilines is 4. The Kier molecular flexibility index (Phi) is 7.54. The van der Waals surface area contributed by atoms with Crippen molar-refractivity contribution in [3.05, 3.63) is 121 Å². The Labute approximate surface area is 266 Å². The summed E-state index contributed by atoms with van der Waals surface area (Å²) >= 11 is 0. The van der Waals surface area contributed by atoms with Crippen LogP contribution in [-0.2, 0) is 0 Å². The molecule has 1 aliphatic heterocycles. The fourth-order valence-corrected chi connectivity index (χ4v) is 23.4. The molecule has 0 saturated carbocycles.